The molecule has 2 amide bonds. The Morgan fingerprint density at radius 3 is 1.88 bits per heavy atom. The van der Waals surface area contributed by atoms with Crippen molar-refractivity contribution >= 4 is 11.8 Å². The molecule has 0 aromatic rings. The first-order chi connectivity index (χ1) is 12.0. The van der Waals surface area contributed by atoms with Gasteiger partial charge in [0, 0.05) is 65.8 Å². The Bertz CT molecular complexity index is 482. The number of carbonyl (C=O) groups excluding carboxylic acids is 2. The number of hydrogen-bond acceptors (Lipinski definition) is 4. The summed E-state index contributed by atoms with van der Waals surface area (Å²) in [4.78, 5) is 29.5. The van der Waals surface area contributed by atoms with Crippen molar-refractivity contribution in [3.8, 4) is 0 Å². The van der Waals surface area contributed by atoms with E-state index in [1.807, 2.05) is 9.80 Å². The highest BCUT2D eigenvalue weighted by atomic mass is 16.3. The topological polar surface area (TPSA) is 64.1 Å². The fourth-order valence-corrected chi connectivity index (χ4v) is 5.14. The zero-order chi connectivity index (χ0) is 18.0. The van der Waals surface area contributed by atoms with Crippen LogP contribution in [0, 0.1) is 17.8 Å². The molecular formula is C19H33N3O3. The smallest absolute Gasteiger partial charge is 0.219 e. The molecule has 1 N–H and O–H groups in total. The lowest BCUT2D eigenvalue weighted by molar-refractivity contribution is -0.131. The number of nitrogens with zero attached hydrogens (tertiary/aromatic N) is 3. The van der Waals surface area contributed by atoms with Crippen LogP contribution in [0.1, 0.15) is 39.5 Å². The van der Waals surface area contributed by atoms with Crippen LogP contribution in [0.4, 0.5) is 0 Å². The molecular weight excluding hydrogens is 318 g/mol. The van der Waals surface area contributed by atoms with Gasteiger partial charge in [-0.25, -0.2) is 0 Å². The van der Waals surface area contributed by atoms with Crippen LogP contribution >= 0.6 is 0 Å². The van der Waals surface area contributed by atoms with Crippen LogP contribution in [0.3, 0.4) is 0 Å². The van der Waals surface area contributed by atoms with Crippen molar-refractivity contribution in [2.45, 2.75) is 45.6 Å². The van der Waals surface area contributed by atoms with Crippen molar-refractivity contribution in [1.82, 2.24) is 14.7 Å². The van der Waals surface area contributed by atoms with Gasteiger partial charge >= 0.3 is 0 Å². The fourth-order valence-electron chi connectivity index (χ4n) is 5.14. The molecule has 3 saturated heterocycles. The van der Waals surface area contributed by atoms with E-state index in [9.17, 15) is 14.7 Å². The van der Waals surface area contributed by atoms with E-state index in [0.29, 0.717) is 23.8 Å². The lowest BCUT2D eigenvalue weighted by Crippen LogP contribution is -2.46. The highest BCUT2D eigenvalue weighted by Gasteiger charge is 2.41. The van der Waals surface area contributed by atoms with Gasteiger partial charge in [0.25, 0.3) is 0 Å². The van der Waals surface area contributed by atoms with Gasteiger partial charge in [0.2, 0.25) is 11.8 Å². The average molecular weight is 351 g/mol. The molecule has 6 nitrogen and oxygen atoms in total. The van der Waals surface area contributed by atoms with Crippen LogP contribution in [0.15, 0.2) is 0 Å². The van der Waals surface area contributed by atoms with Crippen LogP contribution in [0.2, 0.25) is 0 Å². The molecule has 0 aromatic carbocycles. The van der Waals surface area contributed by atoms with E-state index in [1.54, 1.807) is 13.8 Å². The van der Waals surface area contributed by atoms with E-state index in [4.69, 9.17) is 0 Å². The second-order valence-electron chi connectivity index (χ2n) is 8.14. The minimum atomic E-state index is 0.183. The third-order valence-corrected chi connectivity index (χ3v) is 6.77. The van der Waals surface area contributed by atoms with Crippen molar-refractivity contribution in [3.05, 3.63) is 0 Å². The maximum absolute atomic E-state index is 11.5. The number of aliphatic hydroxyl groups is 1. The maximum Gasteiger partial charge on any atom is 0.219 e. The van der Waals surface area contributed by atoms with Gasteiger partial charge in [-0.3, -0.25) is 14.5 Å². The molecule has 0 aromatic heterocycles. The second-order valence-corrected chi connectivity index (χ2v) is 8.14. The Morgan fingerprint density at radius 2 is 1.40 bits per heavy atom. The summed E-state index contributed by atoms with van der Waals surface area (Å²) < 4.78 is 0. The third-order valence-electron chi connectivity index (χ3n) is 6.77. The van der Waals surface area contributed by atoms with Gasteiger partial charge in [-0.1, -0.05) is 0 Å². The average Bonchev–Trinajstić information content (AvgIpc) is 3.06. The van der Waals surface area contributed by atoms with Crippen LogP contribution < -0.4 is 0 Å². The van der Waals surface area contributed by atoms with E-state index in [1.165, 1.54) is 0 Å². The number of rotatable bonds is 3. The first kappa shape index (κ1) is 18.6. The minimum absolute atomic E-state index is 0.183. The molecule has 3 fully saturated rings. The normalized spacial score (nSPS) is 30.0. The van der Waals surface area contributed by atoms with E-state index in [2.05, 4.69) is 4.90 Å². The standard InChI is InChI=1S/C19H33N3O3/c1-14(24)20-7-3-16(4-8-20)19-12-22(11-17(19)13-23)18-5-9-21(10-6-18)15(2)25/h16-19,23H,3-13H2,1-2H3/t17-,19-/m0/s1. The molecule has 3 aliphatic heterocycles. The summed E-state index contributed by atoms with van der Waals surface area (Å²) in [5.41, 5.74) is 0. The summed E-state index contributed by atoms with van der Waals surface area (Å²) in [5, 5.41) is 9.89. The van der Waals surface area contributed by atoms with E-state index < -0.39 is 0 Å². The van der Waals surface area contributed by atoms with Crippen LogP contribution in [-0.4, -0.2) is 83.5 Å². The quantitative estimate of drug-likeness (QED) is 0.817. The Balaban J connectivity index is 1.54. The summed E-state index contributed by atoms with van der Waals surface area (Å²) in [5.74, 6) is 1.89. The molecule has 2 atom stereocenters. The summed E-state index contributed by atoms with van der Waals surface area (Å²) in [6, 6.07) is 0.548. The molecule has 6 heteroatoms. The number of carbonyl (C=O) groups is 2. The maximum atomic E-state index is 11.5. The monoisotopic (exact) mass is 351 g/mol. The molecule has 25 heavy (non-hydrogen) atoms. The van der Waals surface area contributed by atoms with Gasteiger partial charge in [0.15, 0.2) is 0 Å². The fraction of sp³-hybridized carbons (Fsp3) is 0.895. The van der Waals surface area contributed by atoms with Gasteiger partial charge in [0.1, 0.15) is 0 Å². The molecule has 0 aliphatic carbocycles. The number of likely N-dealkylation sites (tertiary alicyclic amines) is 3. The lowest BCUT2D eigenvalue weighted by atomic mass is 9.79. The predicted molar refractivity (Wildman–Crippen MR) is 95.9 cm³/mol. The van der Waals surface area contributed by atoms with E-state index in [0.717, 1.165) is 65.0 Å². The lowest BCUT2D eigenvalue weighted by Gasteiger charge is -2.37. The Morgan fingerprint density at radius 1 is 0.880 bits per heavy atom. The minimum Gasteiger partial charge on any atom is -0.396 e. The zero-order valence-electron chi connectivity index (χ0n) is 15.7. The van der Waals surface area contributed by atoms with Gasteiger partial charge in [-0.2, -0.15) is 0 Å². The van der Waals surface area contributed by atoms with E-state index >= 15 is 0 Å². The van der Waals surface area contributed by atoms with Gasteiger partial charge < -0.3 is 14.9 Å². The van der Waals surface area contributed by atoms with Gasteiger partial charge in [-0.05, 0) is 43.4 Å². The summed E-state index contributed by atoms with van der Waals surface area (Å²) in [6.07, 6.45) is 4.23. The molecule has 3 rings (SSSR count). The zero-order valence-corrected chi connectivity index (χ0v) is 15.7. The molecule has 0 spiro atoms. The highest BCUT2D eigenvalue weighted by molar-refractivity contribution is 5.73. The van der Waals surface area contributed by atoms with E-state index in [-0.39, 0.29) is 18.4 Å². The van der Waals surface area contributed by atoms with Gasteiger partial charge in [-0.15, -0.1) is 0 Å². The summed E-state index contributed by atoms with van der Waals surface area (Å²) >= 11 is 0. The number of piperidine rings is 2. The van der Waals surface area contributed by atoms with Crippen molar-refractivity contribution < 1.29 is 14.7 Å². The predicted octanol–water partition coefficient (Wildman–Crippen LogP) is 0.796. The molecule has 0 unspecified atom stereocenters. The van der Waals surface area contributed by atoms with Crippen molar-refractivity contribution in [2.24, 2.45) is 17.8 Å². The van der Waals surface area contributed by atoms with Crippen molar-refractivity contribution in [2.75, 3.05) is 45.9 Å². The molecule has 142 valence electrons. The van der Waals surface area contributed by atoms with Crippen LogP contribution in [0.5, 0.6) is 0 Å². The second kappa shape index (κ2) is 8.04. The molecule has 0 saturated carbocycles. The molecule has 3 heterocycles. The number of amides is 2. The summed E-state index contributed by atoms with van der Waals surface area (Å²) in [6.45, 7) is 9.09. The van der Waals surface area contributed by atoms with Crippen LogP contribution in [-0.2, 0) is 9.59 Å². The van der Waals surface area contributed by atoms with Gasteiger partial charge in [0.05, 0.1) is 0 Å². The molecule has 0 radical (unpaired) electrons. The summed E-state index contributed by atoms with van der Waals surface area (Å²) in [7, 11) is 0. The number of aliphatic hydroxyl groups excluding tert-OH is 1. The first-order valence-corrected chi connectivity index (χ1v) is 9.85. The Labute approximate surface area is 151 Å². The molecule has 3 aliphatic rings. The third kappa shape index (κ3) is 4.17. The highest BCUT2D eigenvalue weighted by Crippen LogP contribution is 2.37. The van der Waals surface area contributed by atoms with Crippen LogP contribution in [0.25, 0.3) is 0 Å². The Hall–Kier alpha value is -1.14. The number of hydrogen-bond donors (Lipinski definition) is 1. The largest absolute Gasteiger partial charge is 0.396 e. The Kier molecular flexibility index (Phi) is 6.00. The van der Waals surface area contributed by atoms with Crippen molar-refractivity contribution in [1.29, 1.82) is 0 Å². The first-order valence-electron chi connectivity index (χ1n) is 9.85. The SMILES string of the molecule is CC(=O)N1CCC([C@@H]2CN(C3CCN(C(C)=O)CC3)C[C@H]2CO)CC1. The molecule has 0 bridgehead atoms. The van der Waals surface area contributed by atoms with Crippen molar-refractivity contribution in [3.63, 3.8) is 0 Å².